The third-order valence-electron chi connectivity index (χ3n) is 8.33. The fraction of sp³-hybridized carbons (Fsp3) is 0.552. The van der Waals surface area contributed by atoms with E-state index in [0.717, 1.165) is 54.9 Å². The van der Waals surface area contributed by atoms with E-state index in [0.29, 0.717) is 24.6 Å². The first-order valence-corrected chi connectivity index (χ1v) is 14.6. The molecule has 5 heterocycles. The van der Waals surface area contributed by atoms with Crippen LogP contribution < -0.4 is 9.64 Å². The van der Waals surface area contributed by atoms with E-state index in [-0.39, 0.29) is 24.2 Å². The van der Waals surface area contributed by atoms with E-state index < -0.39 is 5.60 Å². The summed E-state index contributed by atoms with van der Waals surface area (Å²) in [4.78, 5) is 28.0. The molecule has 8 nitrogen and oxygen atoms in total. The van der Waals surface area contributed by atoms with Crippen LogP contribution in [0.15, 0.2) is 35.7 Å². The molecule has 38 heavy (non-hydrogen) atoms. The summed E-state index contributed by atoms with van der Waals surface area (Å²) in [6, 6.07) is 11.7. The number of likely N-dealkylation sites (tertiary alicyclic amines) is 1. The van der Waals surface area contributed by atoms with E-state index in [1.165, 1.54) is 11.1 Å². The number of carbonyl (C=O) groups is 1. The average Bonchev–Trinajstić information content (AvgIpc) is 3.65. The van der Waals surface area contributed by atoms with E-state index in [9.17, 15) is 4.79 Å². The number of anilines is 1. The molecule has 0 N–H and O–H groups in total. The van der Waals surface area contributed by atoms with Gasteiger partial charge in [-0.15, -0.1) is 11.3 Å². The van der Waals surface area contributed by atoms with Gasteiger partial charge in [-0.2, -0.15) is 9.97 Å². The lowest BCUT2D eigenvalue weighted by molar-refractivity contribution is 0.00978. The minimum absolute atomic E-state index is 0.000969. The Labute approximate surface area is 226 Å². The summed E-state index contributed by atoms with van der Waals surface area (Å²) < 4.78 is 18.1. The van der Waals surface area contributed by atoms with Crippen LogP contribution in [0.5, 0.6) is 6.01 Å². The molecule has 1 saturated carbocycles. The molecule has 2 aromatic heterocycles. The van der Waals surface area contributed by atoms with Crippen LogP contribution in [0.2, 0.25) is 0 Å². The topological polar surface area (TPSA) is 77.0 Å². The molecular weight excluding hydrogens is 500 g/mol. The molecule has 4 aliphatic rings. The van der Waals surface area contributed by atoms with Crippen molar-refractivity contribution in [3.63, 3.8) is 0 Å². The summed E-state index contributed by atoms with van der Waals surface area (Å²) in [6.45, 7) is 7.84. The molecule has 3 saturated heterocycles. The first-order chi connectivity index (χ1) is 18.3. The molecule has 200 valence electrons. The molecule has 5 unspecified atom stereocenters. The molecule has 9 heteroatoms. The number of hydrogen-bond acceptors (Lipinski definition) is 8. The number of fused-ring (bicyclic) bond motifs is 5. The first-order valence-electron chi connectivity index (χ1n) is 13.7. The highest BCUT2D eigenvalue weighted by Gasteiger charge is 2.49. The van der Waals surface area contributed by atoms with Crippen LogP contribution in [-0.4, -0.2) is 70.6 Å². The van der Waals surface area contributed by atoms with Crippen molar-refractivity contribution in [2.75, 3.05) is 24.7 Å². The number of benzene rings is 1. The molecule has 1 amide bonds. The summed E-state index contributed by atoms with van der Waals surface area (Å²) in [5.41, 5.74) is 1.85. The molecule has 0 radical (unpaired) electrons. The van der Waals surface area contributed by atoms with Crippen molar-refractivity contribution in [3.05, 3.63) is 35.7 Å². The number of nitrogens with zero attached hydrogens (tertiary/aromatic N) is 4. The Balaban J connectivity index is 1.19. The Hall–Kier alpha value is -2.91. The van der Waals surface area contributed by atoms with Crippen LogP contribution in [0.25, 0.3) is 21.3 Å². The minimum Gasteiger partial charge on any atom is -0.460 e. The lowest BCUT2D eigenvalue weighted by Crippen LogP contribution is -2.46. The maximum atomic E-state index is 12.7. The minimum atomic E-state index is -0.493. The van der Waals surface area contributed by atoms with Crippen molar-refractivity contribution >= 4 is 33.5 Å². The standard InChI is InChI=1S/C29H34N4O4S/c1-29(2,3)37-28(34)32-13-18-11-21(32)12-23(18)36-27-30-25(33-19-9-10-20(33)15-35-14-19)24-22(16-38-26(24)31-27)17-7-5-4-6-8-17/h4-8,16,18-21,23H,9-15H2,1-3H3. The summed E-state index contributed by atoms with van der Waals surface area (Å²) >= 11 is 1.65. The monoisotopic (exact) mass is 534 g/mol. The number of ether oxygens (including phenoxy) is 3. The maximum absolute atomic E-state index is 12.7. The number of piperidine rings is 1. The first kappa shape index (κ1) is 24.2. The molecule has 7 rings (SSSR count). The Kier molecular flexibility index (Phi) is 5.78. The number of aromatic nitrogens is 2. The largest absolute Gasteiger partial charge is 0.460 e. The SMILES string of the molecule is CC(C)(C)OC(=O)N1CC2CC1CC2Oc1nc(N2C3CCC2COC3)c2c(-c3ccccc3)csc2n1. The molecular formula is C29H34N4O4S. The predicted octanol–water partition coefficient (Wildman–Crippen LogP) is 5.50. The molecule has 1 aliphatic carbocycles. The molecule has 3 aromatic rings. The molecule has 4 bridgehead atoms. The maximum Gasteiger partial charge on any atom is 0.410 e. The van der Waals surface area contributed by atoms with Crippen LogP contribution in [0.1, 0.15) is 46.5 Å². The van der Waals surface area contributed by atoms with Gasteiger partial charge in [-0.3, -0.25) is 0 Å². The molecule has 3 aliphatic heterocycles. The number of carbonyl (C=O) groups excluding carboxylic acids is 1. The zero-order chi connectivity index (χ0) is 26.0. The Bertz CT molecular complexity index is 1340. The van der Waals surface area contributed by atoms with E-state index in [1.54, 1.807) is 11.3 Å². The summed E-state index contributed by atoms with van der Waals surface area (Å²) in [6.07, 6.45) is 3.72. The summed E-state index contributed by atoms with van der Waals surface area (Å²) in [5, 5.41) is 3.30. The Morgan fingerprint density at radius 2 is 1.82 bits per heavy atom. The van der Waals surface area contributed by atoms with Crippen LogP contribution in [0.3, 0.4) is 0 Å². The number of thiophene rings is 1. The second-order valence-corrected chi connectivity index (χ2v) is 12.9. The highest BCUT2D eigenvalue weighted by molar-refractivity contribution is 7.17. The summed E-state index contributed by atoms with van der Waals surface area (Å²) in [7, 11) is 0. The highest BCUT2D eigenvalue weighted by Crippen LogP contribution is 2.45. The van der Waals surface area contributed by atoms with Crippen molar-refractivity contribution in [2.24, 2.45) is 5.92 Å². The van der Waals surface area contributed by atoms with Gasteiger partial charge in [0.1, 0.15) is 22.4 Å². The number of rotatable bonds is 4. The smallest absolute Gasteiger partial charge is 0.410 e. The third-order valence-corrected chi connectivity index (χ3v) is 9.20. The van der Waals surface area contributed by atoms with Gasteiger partial charge in [0, 0.05) is 35.9 Å². The second-order valence-electron chi connectivity index (χ2n) is 12.0. The molecule has 4 fully saturated rings. The van der Waals surface area contributed by atoms with Gasteiger partial charge >= 0.3 is 12.1 Å². The van der Waals surface area contributed by atoms with Crippen molar-refractivity contribution in [2.45, 2.75) is 76.3 Å². The van der Waals surface area contributed by atoms with Gasteiger partial charge in [-0.25, -0.2) is 4.79 Å². The van der Waals surface area contributed by atoms with Crippen LogP contribution in [0, 0.1) is 5.92 Å². The van der Waals surface area contributed by atoms with Gasteiger partial charge in [0.05, 0.1) is 30.7 Å². The van der Waals surface area contributed by atoms with Gasteiger partial charge < -0.3 is 24.0 Å². The fourth-order valence-electron chi connectivity index (χ4n) is 6.68. The van der Waals surface area contributed by atoms with Crippen molar-refractivity contribution < 1.29 is 19.0 Å². The van der Waals surface area contributed by atoms with Gasteiger partial charge in [0.2, 0.25) is 0 Å². The van der Waals surface area contributed by atoms with Crippen molar-refractivity contribution in [1.82, 2.24) is 14.9 Å². The van der Waals surface area contributed by atoms with Gasteiger partial charge in [-0.1, -0.05) is 30.3 Å². The van der Waals surface area contributed by atoms with Gasteiger partial charge in [0.15, 0.2) is 0 Å². The van der Waals surface area contributed by atoms with E-state index in [4.69, 9.17) is 24.2 Å². The van der Waals surface area contributed by atoms with Crippen LogP contribution in [-0.2, 0) is 9.47 Å². The fourth-order valence-corrected chi connectivity index (χ4v) is 7.61. The van der Waals surface area contributed by atoms with Crippen LogP contribution >= 0.6 is 11.3 Å². The van der Waals surface area contributed by atoms with Crippen molar-refractivity contribution in [3.8, 4) is 17.1 Å². The number of hydrogen-bond donors (Lipinski definition) is 0. The highest BCUT2D eigenvalue weighted by atomic mass is 32.1. The lowest BCUT2D eigenvalue weighted by atomic mass is 10.1. The van der Waals surface area contributed by atoms with Gasteiger partial charge in [0.25, 0.3) is 0 Å². The predicted molar refractivity (Wildman–Crippen MR) is 147 cm³/mol. The number of amides is 1. The van der Waals surface area contributed by atoms with Crippen LogP contribution in [0.4, 0.5) is 10.6 Å². The Morgan fingerprint density at radius 3 is 2.50 bits per heavy atom. The van der Waals surface area contributed by atoms with Gasteiger partial charge in [-0.05, 0) is 45.6 Å². The molecule has 1 aromatic carbocycles. The van der Waals surface area contributed by atoms with E-state index in [2.05, 4.69) is 34.5 Å². The third kappa shape index (κ3) is 4.20. The zero-order valence-corrected chi connectivity index (χ0v) is 22.9. The van der Waals surface area contributed by atoms with E-state index >= 15 is 0 Å². The quantitative estimate of drug-likeness (QED) is 0.437. The van der Waals surface area contributed by atoms with Crippen molar-refractivity contribution in [1.29, 1.82) is 0 Å². The average molecular weight is 535 g/mol. The molecule has 5 atom stereocenters. The lowest BCUT2D eigenvalue weighted by Gasteiger charge is -2.36. The molecule has 0 spiro atoms. The second kappa shape index (κ2) is 9.09. The Morgan fingerprint density at radius 1 is 1.05 bits per heavy atom. The number of morpholine rings is 1. The summed E-state index contributed by atoms with van der Waals surface area (Å²) in [5.74, 6) is 1.23. The van der Waals surface area contributed by atoms with E-state index in [1.807, 2.05) is 31.7 Å². The normalized spacial score (nSPS) is 28.3. The zero-order valence-electron chi connectivity index (χ0n) is 22.1.